The standard InChI is InChI=1S/Fe.Ni.H2O4S.H2O/c;;1-5(2,3)4;/h;;(H2,1,2,3,4);1H2. The van der Waals surface area contributed by atoms with E-state index in [0.717, 1.165) is 0 Å². The van der Waals surface area contributed by atoms with E-state index in [-0.39, 0.29) is 39.0 Å². The van der Waals surface area contributed by atoms with Crippen LogP contribution in [0.5, 0.6) is 0 Å². The van der Waals surface area contributed by atoms with Crippen LogP contribution in [0.4, 0.5) is 0 Å². The molecule has 0 unspecified atom stereocenters. The van der Waals surface area contributed by atoms with Gasteiger partial charge < -0.3 is 5.48 Å². The monoisotopic (exact) mass is 230 g/mol. The van der Waals surface area contributed by atoms with E-state index >= 15 is 0 Å². The van der Waals surface area contributed by atoms with E-state index in [9.17, 15) is 0 Å². The third-order valence-electron chi connectivity index (χ3n) is 0. The summed E-state index contributed by atoms with van der Waals surface area (Å²) in [6.45, 7) is 0. The zero-order valence-electron chi connectivity index (χ0n) is 3.29. The molecule has 0 spiro atoms. The fraction of sp³-hybridized carbons (Fsp3) is 0. The molecule has 0 aromatic rings. The third kappa shape index (κ3) is 329. The summed E-state index contributed by atoms with van der Waals surface area (Å²) in [5.74, 6) is 0. The Kier molecular flexibility index (Phi) is 22.7. The molecule has 0 aliphatic heterocycles. The Labute approximate surface area is 67.1 Å². The summed E-state index contributed by atoms with van der Waals surface area (Å²) in [5, 5.41) is 0. The maximum Gasteiger partial charge on any atom is 0.394 e. The number of hydrogen-bond acceptors (Lipinski definition) is 2. The molecule has 0 atom stereocenters. The van der Waals surface area contributed by atoms with E-state index in [1.807, 2.05) is 0 Å². The van der Waals surface area contributed by atoms with Gasteiger partial charge in [-0.1, -0.05) is 0 Å². The SMILES string of the molecule is O.O=S(=O)(O)O.[Fe].[Ni]. The van der Waals surface area contributed by atoms with E-state index in [4.69, 9.17) is 17.5 Å². The minimum atomic E-state index is -4.67. The average Bonchev–Trinajstić information content (AvgIpc) is 0.722. The van der Waals surface area contributed by atoms with Crippen molar-refractivity contribution in [3.63, 3.8) is 0 Å². The minimum absolute atomic E-state index is 0. The maximum absolute atomic E-state index is 8.74. The molecular formula is H4FeNiO5S. The van der Waals surface area contributed by atoms with Gasteiger partial charge in [0.1, 0.15) is 0 Å². The summed E-state index contributed by atoms with van der Waals surface area (Å²) in [7, 11) is -4.67. The van der Waals surface area contributed by atoms with Crippen LogP contribution >= 0.6 is 0 Å². The van der Waals surface area contributed by atoms with Gasteiger partial charge in [-0.3, -0.25) is 9.11 Å². The molecule has 0 radical (unpaired) electrons. The first kappa shape index (κ1) is 23.2. The van der Waals surface area contributed by atoms with Crippen LogP contribution in [0.3, 0.4) is 0 Å². The first-order valence-electron chi connectivity index (χ1n) is 0.698. The molecule has 0 rings (SSSR count). The molecule has 0 aliphatic rings. The first-order valence-corrected chi connectivity index (χ1v) is 2.10. The molecule has 5 nitrogen and oxygen atoms in total. The van der Waals surface area contributed by atoms with Gasteiger partial charge in [0, 0.05) is 33.6 Å². The predicted molar refractivity (Wildman–Crippen MR) is 17.8 cm³/mol. The molecule has 8 heavy (non-hydrogen) atoms. The molecule has 0 amide bonds. The minimum Gasteiger partial charge on any atom is -0.412 e. The fourth-order valence-electron chi connectivity index (χ4n) is 0. The largest absolute Gasteiger partial charge is 0.412 e. The first-order chi connectivity index (χ1) is 2.00. The smallest absolute Gasteiger partial charge is 0.394 e. The molecule has 0 saturated carbocycles. The van der Waals surface area contributed by atoms with E-state index in [1.165, 1.54) is 0 Å². The average molecular weight is 231 g/mol. The van der Waals surface area contributed by atoms with E-state index in [0.29, 0.717) is 0 Å². The Morgan fingerprint density at radius 1 is 1.12 bits per heavy atom. The van der Waals surface area contributed by atoms with Gasteiger partial charge in [0.25, 0.3) is 0 Å². The van der Waals surface area contributed by atoms with Gasteiger partial charge in [0.2, 0.25) is 0 Å². The van der Waals surface area contributed by atoms with Crippen LogP contribution in [0.2, 0.25) is 0 Å². The van der Waals surface area contributed by atoms with Crippen LogP contribution in [-0.4, -0.2) is 23.0 Å². The van der Waals surface area contributed by atoms with Crippen LogP contribution < -0.4 is 0 Å². The van der Waals surface area contributed by atoms with Gasteiger partial charge in [-0.15, -0.1) is 0 Å². The van der Waals surface area contributed by atoms with E-state index < -0.39 is 10.4 Å². The maximum atomic E-state index is 8.74. The molecular weight excluding hydrogens is 227 g/mol. The molecule has 0 bridgehead atoms. The normalized spacial score (nSPS) is 7.25. The molecule has 0 aromatic carbocycles. The van der Waals surface area contributed by atoms with Crippen molar-refractivity contribution >= 4 is 10.4 Å². The van der Waals surface area contributed by atoms with Gasteiger partial charge >= 0.3 is 10.4 Å². The van der Waals surface area contributed by atoms with Crippen LogP contribution in [0.25, 0.3) is 0 Å². The van der Waals surface area contributed by atoms with Crippen molar-refractivity contribution in [2.24, 2.45) is 0 Å². The summed E-state index contributed by atoms with van der Waals surface area (Å²) >= 11 is 0. The zero-order chi connectivity index (χ0) is 4.50. The summed E-state index contributed by atoms with van der Waals surface area (Å²) in [4.78, 5) is 0. The molecule has 0 saturated heterocycles. The Morgan fingerprint density at radius 3 is 1.12 bits per heavy atom. The molecule has 58 valence electrons. The van der Waals surface area contributed by atoms with Crippen LogP contribution in [0.1, 0.15) is 0 Å². The van der Waals surface area contributed by atoms with Crippen molar-refractivity contribution in [1.29, 1.82) is 0 Å². The second-order valence-electron chi connectivity index (χ2n) is 0.448. The van der Waals surface area contributed by atoms with Crippen LogP contribution in [0, 0.1) is 0 Å². The molecule has 0 heterocycles. The molecule has 4 N–H and O–H groups in total. The second-order valence-corrected chi connectivity index (χ2v) is 1.34. The van der Waals surface area contributed by atoms with Crippen molar-refractivity contribution < 1.29 is 56.6 Å². The topological polar surface area (TPSA) is 106 Å². The molecule has 8 heteroatoms. The van der Waals surface area contributed by atoms with Gasteiger partial charge in [-0.05, 0) is 0 Å². The second kappa shape index (κ2) is 7.84. The van der Waals surface area contributed by atoms with Gasteiger partial charge in [-0.2, -0.15) is 8.42 Å². The summed E-state index contributed by atoms with van der Waals surface area (Å²) in [6, 6.07) is 0. The van der Waals surface area contributed by atoms with Crippen LogP contribution in [-0.2, 0) is 44.0 Å². The Balaban J connectivity index is -0.0000000267. The summed E-state index contributed by atoms with van der Waals surface area (Å²) in [5.41, 5.74) is 0. The number of hydrogen-bond donors (Lipinski definition) is 2. The van der Waals surface area contributed by atoms with Crippen LogP contribution in [0.15, 0.2) is 0 Å². The van der Waals surface area contributed by atoms with Crippen molar-refractivity contribution in [1.82, 2.24) is 0 Å². The van der Waals surface area contributed by atoms with Gasteiger partial charge in [0.15, 0.2) is 0 Å². The van der Waals surface area contributed by atoms with E-state index in [2.05, 4.69) is 0 Å². The van der Waals surface area contributed by atoms with Crippen molar-refractivity contribution in [3.8, 4) is 0 Å². The Bertz CT molecular complexity index is 95.6. The Hall–Kier alpha value is 0.843. The van der Waals surface area contributed by atoms with Gasteiger partial charge in [-0.25, -0.2) is 0 Å². The van der Waals surface area contributed by atoms with Crippen molar-refractivity contribution in [2.75, 3.05) is 0 Å². The zero-order valence-corrected chi connectivity index (χ0v) is 6.20. The summed E-state index contributed by atoms with van der Waals surface area (Å²) in [6.07, 6.45) is 0. The predicted octanol–water partition coefficient (Wildman–Crippen LogP) is -1.48. The molecule has 0 aliphatic carbocycles. The Morgan fingerprint density at radius 2 is 1.12 bits per heavy atom. The fourth-order valence-corrected chi connectivity index (χ4v) is 0. The quantitative estimate of drug-likeness (QED) is 0.391. The molecule has 0 aromatic heterocycles. The van der Waals surface area contributed by atoms with Gasteiger partial charge in [0.05, 0.1) is 0 Å². The van der Waals surface area contributed by atoms with E-state index in [1.54, 1.807) is 0 Å². The summed E-state index contributed by atoms with van der Waals surface area (Å²) < 4.78 is 31.6. The molecule has 0 fully saturated rings. The van der Waals surface area contributed by atoms with Crippen molar-refractivity contribution in [3.05, 3.63) is 0 Å². The number of rotatable bonds is 0. The van der Waals surface area contributed by atoms with Crippen molar-refractivity contribution in [2.45, 2.75) is 0 Å². The third-order valence-corrected chi connectivity index (χ3v) is 0.